The maximum absolute atomic E-state index is 13.1. The first-order valence-corrected chi connectivity index (χ1v) is 10.1. The Hall–Kier alpha value is -2.85. The predicted octanol–water partition coefficient (Wildman–Crippen LogP) is 5.76. The van der Waals surface area contributed by atoms with E-state index in [0.29, 0.717) is 0 Å². The molecule has 27 heavy (non-hydrogen) atoms. The molecule has 2 aromatic carbocycles. The summed E-state index contributed by atoms with van der Waals surface area (Å²) in [5.74, 6) is -0.0487. The van der Waals surface area contributed by atoms with E-state index < -0.39 is 0 Å². The molecule has 0 saturated heterocycles. The lowest BCUT2D eigenvalue weighted by Gasteiger charge is -2.13. The fourth-order valence-electron chi connectivity index (χ4n) is 3.43. The number of benzene rings is 2. The number of nitrogens with one attached hydrogen (secondary N) is 1. The third-order valence-corrected chi connectivity index (χ3v) is 5.72. The molecule has 0 radical (unpaired) electrons. The Labute approximate surface area is 163 Å². The number of hydrogen-bond donors (Lipinski definition) is 1. The molecule has 0 aliphatic rings. The first-order valence-electron chi connectivity index (χ1n) is 9.26. The minimum absolute atomic E-state index is 0.0487. The van der Waals surface area contributed by atoms with Gasteiger partial charge in [0.1, 0.15) is 5.69 Å². The number of hydrogen-bond acceptors (Lipinski definition) is 2. The van der Waals surface area contributed by atoms with Crippen molar-refractivity contribution < 1.29 is 4.79 Å². The zero-order valence-corrected chi connectivity index (χ0v) is 16.1. The molecule has 4 rings (SSSR count). The normalized spacial score (nSPS) is 11.0. The molecular formula is C23H22N2OS. The second-order valence-electron chi connectivity index (χ2n) is 6.55. The Bertz CT molecular complexity index is 1060. The Morgan fingerprint density at radius 2 is 1.81 bits per heavy atom. The van der Waals surface area contributed by atoms with Gasteiger partial charge in [-0.25, -0.2) is 0 Å². The Morgan fingerprint density at radius 3 is 2.63 bits per heavy atom. The molecule has 0 spiro atoms. The third kappa shape index (κ3) is 3.67. The van der Waals surface area contributed by atoms with E-state index in [1.165, 1.54) is 5.56 Å². The largest absolute Gasteiger partial charge is 0.335 e. The number of nitrogens with zero attached hydrogens (tertiary/aromatic N) is 1. The average molecular weight is 375 g/mol. The summed E-state index contributed by atoms with van der Waals surface area (Å²) < 4.78 is 3.29. The van der Waals surface area contributed by atoms with Crippen LogP contribution in [0.1, 0.15) is 28.5 Å². The second kappa shape index (κ2) is 7.80. The van der Waals surface area contributed by atoms with E-state index >= 15 is 0 Å². The van der Waals surface area contributed by atoms with Crippen molar-refractivity contribution >= 4 is 33.1 Å². The molecule has 1 N–H and O–H groups in total. The van der Waals surface area contributed by atoms with Gasteiger partial charge in [0.05, 0.1) is 10.2 Å². The summed E-state index contributed by atoms with van der Waals surface area (Å²) in [6, 6.07) is 22.5. The number of para-hydroxylation sites is 1. The van der Waals surface area contributed by atoms with Crippen LogP contribution < -0.4 is 5.32 Å². The highest BCUT2D eigenvalue weighted by atomic mass is 32.1. The molecule has 0 saturated carbocycles. The lowest BCUT2D eigenvalue weighted by Crippen LogP contribution is -2.18. The average Bonchev–Trinajstić information content (AvgIpc) is 3.29. The lowest BCUT2D eigenvalue weighted by molar-refractivity contribution is 0.101. The van der Waals surface area contributed by atoms with Gasteiger partial charge >= 0.3 is 0 Å². The van der Waals surface area contributed by atoms with Crippen LogP contribution in [0.2, 0.25) is 0 Å². The summed E-state index contributed by atoms with van der Waals surface area (Å²) in [4.78, 5) is 13.1. The van der Waals surface area contributed by atoms with Crippen molar-refractivity contribution in [3.05, 3.63) is 88.9 Å². The molecule has 3 nitrogen and oxygen atoms in total. The molecule has 0 aliphatic heterocycles. The van der Waals surface area contributed by atoms with Gasteiger partial charge in [-0.2, -0.15) is 0 Å². The Morgan fingerprint density at radius 1 is 1.04 bits per heavy atom. The fraction of sp³-hybridized carbons (Fsp3) is 0.174. The summed E-state index contributed by atoms with van der Waals surface area (Å²) >= 11 is 1.67. The van der Waals surface area contributed by atoms with Crippen molar-refractivity contribution in [3.63, 3.8) is 0 Å². The number of rotatable bonds is 6. The van der Waals surface area contributed by atoms with Gasteiger partial charge in [-0.1, -0.05) is 55.5 Å². The molecule has 0 atom stereocenters. The number of carbonyl (C=O) groups excluding carboxylic acids is 1. The van der Waals surface area contributed by atoms with Crippen LogP contribution in [-0.2, 0) is 19.4 Å². The Kier molecular flexibility index (Phi) is 5.07. The molecule has 136 valence electrons. The number of anilines is 1. The minimum atomic E-state index is -0.0487. The molecule has 0 unspecified atom stereocenters. The summed E-state index contributed by atoms with van der Waals surface area (Å²) in [5.41, 5.74) is 5.17. The highest BCUT2D eigenvalue weighted by Gasteiger charge is 2.17. The minimum Gasteiger partial charge on any atom is -0.335 e. The molecule has 4 heteroatoms. The van der Waals surface area contributed by atoms with Crippen LogP contribution in [0.3, 0.4) is 0 Å². The van der Waals surface area contributed by atoms with Gasteiger partial charge < -0.3 is 9.88 Å². The van der Waals surface area contributed by atoms with Gasteiger partial charge in [0.25, 0.3) is 5.91 Å². The zero-order valence-electron chi connectivity index (χ0n) is 15.3. The van der Waals surface area contributed by atoms with Crippen LogP contribution in [0.5, 0.6) is 0 Å². The van der Waals surface area contributed by atoms with Crippen LogP contribution in [0, 0.1) is 0 Å². The molecule has 1 amide bonds. The molecule has 4 aromatic rings. The molecular weight excluding hydrogens is 352 g/mol. The first-order chi connectivity index (χ1) is 13.3. The summed E-state index contributed by atoms with van der Waals surface area (Å²) in [7, 11) is 0. The van der Waals surface area contributed by atoms with Gasteiger partial charge in [-0.3, -0.25) is 4.79 Å². The van der Waals surface area contributed by atoms with Crippen molar-refractivity contribution in [2.75, 3.05) is 5.32 Å². The van der Waals surface area contributed by atoms with Gasteiger partial charge in [-0.05, 0) is 47.5 Å². The molecule has 0 aliphatic carbocycles. The molecule has 2 heterocycles. The van der Waals surface area contributed by atoms with Crippen LogP contribution in [0.4, 0.5) is 5.69 Å². The predicted molar refractivity (Wildman–Crippen MR) is 114 cm³/mol. The van der Waals surface area contributed by atoms with Crippen molar-refractivity contribution in [2.45, 2.75) is 26.3 Å². The highest BCUT2D eigenvalue weighted by molar-refractivity contribution is 7.17. The van der Waals surface area contributed by atoms with E-state index in [2.05, 4.69) is 58.6 Å². The number of carbonyl (C=O) groups is 1. The fourth-order valence-corrected chi connectivity index (χ4v) is 4.25. The van der Waals surface area contributed by atoms with Crippen molar-refractivity contribution in [3.8, 4) is 0 Å². The maximum atomic E-state index is 13.1. The smallest absolute Gasteiger partial charge is 0.272 e. The number of aromatic nitrogens is 1. The maximum Gasteiger partial charge on any atom is 0.272 e. The first kappa shape index (κ1) is 17.6. The number of aryl methyl sites for hydroxylation is 3. The van der Waals surface area contributed by atoms with E-state index in [1.807, 2.05) is 30.3 Å². The molecule has 0 bridgehead atoms. The van der Waals surface area contributed by atoms with Gasteiger partial charge in [0.15, 0.2) is 0 Å². The standard InChI is InChI=1S/C23H22N2OS/c1-2-18-10-6-7-11-19(18)24-23(26)21-16-22-20(13-15-27-22)25(21)14-12-17-8-4-3-5-9-17/h3-11,13,15-16H,2,12,14H2,1H3,(H,24,26). The number of fused-ring (bicyclic) bond motifs is 1. The van der Waals surface area contributed by atoms with Gasteiger partial charge in [-0.15, -0.1) is 11.3 Å². The van der Waals surface area contributed by atoms with Crippen LogP contribution in [0.15, 0.2) is 72.1 Å². The summed E-state index contributed by atoms with van der Waals surface area (Å²) in [6.45, 7) is 2.88. The van der Waals surface area contributed by atoms with E-state index in [1.54, 1.807) is 11.3 Å². The zero-order chi connectivity index (χ0) is 18.6. The monoisotopic (exact) mass is 374 g/mol. The Balaban J connectivity index is 1.62. The number of thiophene rings is 1. The lowest BCUT2D eigenvalue weighted by atomic mass is 10.1. The van der Waals surface area contributed by atoms with E-state index in [4.69, 9.17) is 0 Å². The van der Waals surface area contributed by atoms with Gasteiger partial charge in [0.2, 0.25) is 0 Å². The summed E-state index contributed by atoms with van der Waals surface area (Å²) in [5, 5.41) is 5.19. The topological polar surface area (TPSA) is 34.0 Å². The van der Waals surface area contributed by atoms with Crippen LogP contribution in [-0.4, -0.2) is 10.5 Å². The van der Waals surface area contributed by atoms with E-state index in [-0.39, 0.29) is 5.91 Å². The second-order valence-corrected chi connectivity index (χ2v) is 7.50. The van der Waals surface area contributed by atoms with Crippen molar-refractivity contribution in [1.82, 2.24) is 4.57 Å². The van der Waals surface area contributed by atoms with Crippen LogP contribution in [0.25, 0.3) is 10.2 Å². The quantitative estimate of drug-likeness (QED) is 0.457. The number of amides is 1. The molecule has 0 fully saturated rings. The summed E-state index contributed by atoms with van der Waals surface area (Å²) in [6.07, 6.45) is 1.78. The molecule has 2 aromatic heterocycles. The SMILES string of the molecule is CCc1ccccc1NC(=O)c1cc2sccc2n1CCc1ccccc1. The van der Waals surface area contributed by atoms with Crippen molar-refractivity contribution in [2.24, 2.45) is 0 Å². The highest BCUT2D eigenvalue weighted by Crippen LogP contribution is 2.27. The third-order valence-electron chi connectivity index (χ3n) is 4.87. The van der Waals surface area contributed by atoms with Crippen molar-refractivity contribution in [1.29, 1.82) is 0 Å². The van der Waals surface area contributed by atoms with Crippen LogP contribution >= 0.6 is 11.3 Å². The van der Waals surface area contributed by atoms with E-state index in [0.717, 1.165) is 46.5 Å². The van der Waals surface area contributed by atoms with E-state index in [9.17, 15) is 4.79 Å². The van der Waals surface area contributed by atoms with Gasteiger partial charge in [0, 0.05) is 12.2 Å².